The maximum Gasteiger partial charge on any atom is 0.407 e. The molecule has 2 aromatic carbocycles. The van der Waals surface area contributed by atoms with Crippen molar-refractivity contribution >= 4 is 15.7 Å². The van der Waals surface area contributed by atoms with Gasteiger partial charge in [-0.05, 0) is 62.4 Å². The fourth-order valence-electron chi connectivity index (χ4n) is 3.75. The smallest absolute Gasteiger partial charge is 0.350 e. The Morgan fingerprint density at radius 1 is 0.971 bits per heavy atom. The number of hydrogen-bond donors (Lipinski definition) is 2. The Kier molecular flexibility index (Phi) is 7.39. The molecular weight excluding hydrogens is 484 g/mol. The third-order valence-corrected chi connectivity index (χ3v) is 7.11. The summed E-state index contributed by atoms with van der Waals surface area (Å²) < 4.78 is 79.8. The molecule has 2 aromatic rings. The van der Waals surface area contributed by atoms with Crippen LogP contribution in [-0.2, 0) is 14.6 Å². The number of alkyl halides is 4. The van der Waals surface area contributed by atoms with Crippen LogP contribution in [0.15, 0.2) is 53.4 Å². The zero-order valence-corrected chi connectivity index (χ0v) is 20.9. The first-order chi connectivity index (χ1) is 16.0. The lowest BCUT2D eigenvalue weighted by atomic mass is 9.96. The second-order valence-corrected chi connectivity index (χ2v) is 12.1. The molecule has 1 aliphatic rings. The van der Waals surface area contributed by atoms with Gasteiger partial charge >= 0.3 is 6.18 Å². The molecule has 2 N–H and O–H groups in total. The van der Waals surface area contributed by atoms with E-state index in [1.54, 1.807) is 19.1 Å². The SMILES string of the molecule is CC(C)(F)C[C@H](N[C@@H](c1ccc(-c2ccc(S(C)(=O)=O)cc2)cc1)C(F)(F)F)C(=O)NC1(C)CC1. The Hall–Kier alpha value is -2.46. The molecule has 0 aromatic heterocycles. The largest absolute Gasteiger partial charge is 0.407 e. The molecule has 0 unspecified atom stereocenters. The molecule has 0 saturated heterocycles. The number of rotatable bonds is 9. The summed E-state index contributed by atoms with van der Waals surface area (Å²) in [7, 11) is -3.37. The Morgan fingerprint density at radius 2 is 1.46 bits per heavy atom. The Morgan fingerprint density at radius 3 is 1.86 bits per heavy atom. The number of amides is 1. The van der Waals surface area contributed by atoms with Crippen LogP contribution in [0.25, 0.3) is 11.1 Å². The van der Waals surface area contributed by atoms with E-state index in [9.17, 15) is 30.8 Å². The summed E-state index contributed by atoms with van der Waals surface area (Å²) in [6.07, 6.45) is -2.63. The minimum absolute atomic E-state index is 0.124. The highest BCUT2D eigenvalue weighted by Gasteiger charge is 2.45. The Bertz CT molecular complexity index is 1150. The van der Waals surface area contributed by atoms with Crippen molar-refractivity contribution in [2.45, 2.75) is 74.4 Å². The maximum atomic E-state index is 14.4. The minimum atomic E-state index is -4.74. The van der Waals surface area contributed by atoms with Gasteiger partial charge in [0.1, 0.15) is 11.7 Å². The molecule has 1 aliphatic carbocycles. The van der Waals surface area contributed by atoms with E-state index >= 15 is 0 Å². The van der Waals surface area contributed by atoms with E-state index in [0.29, 0.717) is 11.1 Å². The van der Waals surface area contributed by atoms with Crippen LogP contribution in [0.5, 0.6) is 0 Å². The number of hydrogen-bond acceptors (Lipinski definition) is 4. The lowest BCUT2D eigenvalue weighted by Crippen LogP contribution is -2.53. The van der Waals surface area contributed by atoms with E-state index in [1.807, 2.05) is 0 Å². The minimum Gasteiger partial charge on any atom is -0.350 e. The van der Waals surface area contributed by atoms with Crippen molar-refractivity contribution in [3.63, 3.8) is 0 Å². The molecule has 0 heterocycles. The second kappa shape index (κ2) is 9.54. The van der Waals surface area contributed by atoms with Gasteiger partial charge in [-0.15, -0.1) is 0 Å². The van der Waals surface area contributed by atoms with Gasteiger partial charge < -0.3 is 5.32 Å². The number of carbonyl (C=O) groups excluding carboxylic acids is 1. The van der Waals surface area contributed by atoms with Gasteiger partial charge in [-0.1, -0.05) is 36.4 Å². The average Bonchev–Trinajstić information content (AvgIpc) is 3.45. The molecule has 3 rings (SSSR count). The molecule has 0 radical (unpaired) electrons. The summed E-state index contributed by atoms with van der Waals surface area (Å²) in [6.45, 7) is 4.24. The lowest BCUT2D eigenvalue weighted by Gasteiger charge is -2.30. The van der Waals surface area contributed by atoms with Crippen molar-refractivity contribution in [1.29, 1.82) is 0 Å². The first kappa shape index (κ1) is 27.1. The Labute approximate surface area is 203 Å². The number of nitrogens with one attached hydrogen (secondary N) is 2. The zero-order valence-electron chi connectivity index (χ0n) is 20.0. The first-order valence-electron chi connectivity index (χ1n) is 11.2. The van der Waals surface area contributed by atoms with Crippen LogP contribution in [0.1, 0.15) is 51.6 Å². The number of carbonyl (C=O) groups is 1. The van der Waals surface area contributed by atoms with Crippen molar-refractivity contribution in [3.05, 3.63) is 54.1 Å². The third-order valence-electron chi connectivity index (χ3n) is 5.99. The fraction of sp³-hybridized carbons (Fsp3) is 0.480. The monoisotopic (exact) mass is 514 g/mol. The summed E-state index contributed by atoms with van der Waals surface area (Å²) in [5.41, 5.74) is -1.22. The molecule has 1 amide bonds. The molecule has 0 aliphatic heterocycles. The highest BCUT2D eigenvalue weighted by Crippen LogP contribution is 2.37. The van der Waals surface area contributed by atoms with E-state index in [2.05, 4.69) is 10.6 Å². The first-order valence-corrected chi connectivity index (χ1v) is 13.1. The molecule has 1 saturated carbocycles. The zero-order chi connectivity index (χ0) is 26.2. The fourth-order valence-corrected chi connectivity index (χ4v) is 4.38. The molecule has 192 valence electrons. The van der Waals surface area contributed by atoms with Crippen molar-refractivity contribution in [2.24, 2.45) is 0 Å². The van der Waals surface area contributed by atoms with E-state index < -0.39 is 51.6 Å². The van der Waals surface area contributed by atoms with Crippen molar-refractivity contribution < 1.29 is 30.8 Å². The quantitative estimate of drug-likeness (QED) is 0.455. The highest BCUT2D eigenvalue weighted by atomic mass is 32.2. The van der Waals surface area contributed by atoms with Gasteiger partial charge in [0.05, 0.1) is 10.9 Å². The number of sulfone groups is 1. The highest BCUT2D eigenvalue weighted by molar-refractivity contribution is 7.90. The van der Waals surface area contributed by atoms with Gasteiger partial charge in [-0.2, -0.15) is 13.2 Å². The van der Waals surface area contributed by atoms with Crippen molar-refractivity contribution in [3.8, 4) is 11.1 Å². The van der Waals surface area contributed by atoms with Gasteiger partial charge in [0.15, 0.2) is 9.84 Å². The molecule has 0 spiro atoms. The summed E-state index contributed by atoms with van der Waals surface area (Å²) in [6, 6.07) is 8.01. The van der Waals surface area contributed by atoms with E-state index in [4.69, 9.17) is 0 Å². The van der Waals surface area contributed by atoms with Crippen molar-refractivity contribution in [1.82, 2.24) is 10.6 Å². The van der Waals surface area contributed by atoms with Crippen LogP contribution < -0.4 is 10.6 Å². The van der Waals surface area contributed by atoms with Crippen LogP contribution >= 0.6 is 0 Å². The van der Waals surface area contributed by atoms with Crippen LogP contribution in [0.2, 0.25) is 0 Å². The molecule has 0 bridgehead atoms. The predicted octanol–water partition coefficient (Wildman–Crippen LogP) is 5.13. The maximum absolute atomic E-state index is 14.4. The van der Waals surface area contributed by atoms with Gasteiger partial charge in [-0.3, -0.25) is 10.1 Å². The predicted molar refractivity (Wildman–Crippen MR) is 126 cm³/mol. The topological polar surface area (TPSA) is 75.3 Å². The van der Waals surface area contributed by atoms with Gasteiger partial charge in [0, 0.05) is 18.2 Å². The van der Waals surface area contributed by atoms with Gasteiger partial charge in [0.2, 0.25) is 5.91 Å². The van der Waals surface area contributed by atoms with Crippen LogP contribution in [0.4, 0.5) is 17.6 Å². The van der Waals surface area contributed by atoms with Gasteiger partial charge in [-0.25, -0.2) is 12.8 Å². The molecule has 2 atom stereocenters. The lowest BCUT2D eigenvalue weighted by molar-refractivity contribution is -0.161. The summed E-state index contributed by atoms with van der Waals surface area (Å²) in [4.78, 5) is 12.9. The number of benzene rings is 2. The summed E-state index contributed by atoms with van der Waals surface area (Å²) >= 11 is 0. The van der Waals surface area contributed by atoms with E-state index in [1.165, 1.54) is 50.2 Å². The summed E-state index contributed by atoms with van der Waals surface area (Å²) in [5, 5.41) is 5.09. The van der Waals surface area contributed by atoms with Crippen LogP contribution in [-0.4, -0.2) is 44.0 Å². The van der Waals surface area contributed by atoms with Crippen LogP contribution in [0, 0.1) is 0 Å². The third kappa shape index (κ3) is 7.51. The van der Waals surface area contributed by atoms with E-state index in [0.717, 1.165) is 19.1 Å². The van der Waals surface area contributed by atoms with Crippen molar-refractivity contribution in [2.75, 3.05) is 6.26 Å². The number of halogens is 4. The normalized spacial score (nSPS) is 17.5. The standard InChI is InChI=1S/C25H30F4N2O3S/c1-23(2,26)15-20(22(32)31-24(3)13-14-24)30-21(25(27,28)29)18-7-5-16(6-8-18)17-9-11-19(12-10-17)35(4,33)34/h5-12,20-21,30H,13-15H2,1-4H3,(H,31,32)/t20-,21-/m0/s1. The molecule has 10 heteroatoms. The summed E-state index contributed by atoms with van der Waals surface area (Å²) in [5.74, 6) is -0.660. The molecule has 35 heavy (non-hydrogen) atoms. The average molecular weight is 515 g/mol. The molecular formula is C25H30F4N2O3S. The van der Waals surface area contributed by atoms with E-state index in [-0.39, 0.29) is 10.5 Å². The molecule has 1 fully saturated rings. The van der Waals surface area contributed by atoms with Gasteiger partial charge in [0.25, 0.3) is 0 Å². The Balaban J connectivity index is 1.85. The second-order valence-electron chi connectivity index (χ2n) is 10.1. The van der Waals surface area contributed by atoms with Crippen LogP contribution in [0.3, 0.4) is 0 Å². The molecule has 5 nitrogen and oxygen atoms in total.